The average Bonchev–Trinajstić information content (AvgIpc) is 3.35. The highest BCUT2D eigenvalue weighted by Gasteiger charge is 2.16. The fourth-order valence-electron chi connectivity index (χ4n) is 5.44. The topological polar surface area (TPSA) is 12.9 Å². The maximum atomic E-state index is 4.93. The molecule has 0 N–H and O–H groups in total. The second-order valence-corrected chi connectivity index (χ2v) is 17.4. The van der Waals surface area contributed by atoms with Gasteiger partial charge in [-0.3, -0.25) is 4.98 Å². The summed E-state index contributed by atoms with van der Waals surface area (Å²) >= 11 is 1.85. The second-order valence-electron chi connectivity index (χ2n) is 11.3. The van der Waals surface area contributed by atoms with E-state index in [0.29, 0.717) is 0 Å². The molecule has 0 saturated heterocycles. The summed E-state index contributed by atoms with van der Waals surface area (Å²) in [4.78, 5) is 4.93. The van der Waals surface area contributed by atoms with Crippen molar-refractivity contribution in [2.75, 3.05) is 0 Å². The molecule has 1 nitrogen and oxygen atoms in total. The number of hydrogen-bond acceptors (Lipinski definition) is 2. The van der Waals surface area contributed by atoms with E-state index in [1.807, 2.05) is 17.5 Å². The highest BCUT2D eigenvalue weighted by Crippen LogP contribution is 2.39. The highest BCUT2D eigenvalue weighted by atomic mass is 32.1. The van der Waals surface area contributed by atoms with Gasteiger partial charge in [0.05, 0.1) is 13.8 Å². The van der Waals surface area contributed by atoms with Crippen molar-refractivity contribution in [2.45, 2.75) is 19.6 Å². The van der Waals surface area contributed by atoms with Gasteiger partial charge < -0.3 is 0 Å². The lowest BCUT2D eigenvalue weighted by Crippen LogP contribution is -2.37. The minimum absolute atomic E-state index is 1.01. The first-order valence-electron chi connectivity index (χ1n) is 13.5. The van der Waals surface area contributed by atoms with Crippen LogP contribution < -0.4 is 5.19 Å². The molecule has 7 aromatic rings. The van der Waals surface area contributed by atoms with Crippen LogP contribution in [0.5, 0.6) is 0 Å². The van der Waals surface area contributed by atoms with Crippen molar-refractivity contribution in [3.63, 3.8) is 0 Å². The van der Waals surface area contributed by atoms with Crippen LogP contribution in [0.15, 0.2) is 121 Å². The van der Waals surface area contributed by atoms with Gasteiger partial charge in [-0.15, -0.1) is 11.3 Å². The minimum Gasteiger partial charge on any atom is -0.256 e. The highest BCUT2D eigenvalue weighted by molar-refractivity contribution is 7.26. The quantitative estimate of drug-likeness (QED) is 0.204. The molecular formula is C36H29NSSi. The summed E-state index contributed by atoms with van der Waals surface area (Å²) in [6.07, 6.45) is 2.02. The van der Waals surface area contributed by atoms with E-state index in [9.17, 15) is 0 Å². The number of hydrogen-bond donors (Lipinski definition) is 0. The van der Waals surface area contributed by atoms with E-state index in [1.54, 1.807) is 0 Å². The Morgan fingerprint density at radius 2 is 1.23 bits per heavy atom. The maximum absolute atomic E-state index is 4.93. The summed E-state index contributed by atoms with van der Waals surface area (Å²) in [5.41, 5.74) is 7.06. The smallest absolute Gasteiger partial charge is 0.0775 e. The molecule has 5 aromatic carbocycles. The van der Waals surface area contributed by atoms with Crippen LogP contribution in [0.4, 0.5) is 0 Å². The number of nitrogens with zero attached hydrogens (tertiary/aromatic N) is 1. The normalized spacial score (nSPS) is 12.0. The first-order valence-corrected chi connectivity index (χ1v) is 17.8. The van der Waals surface area contributed by atoms with Crippen molar-refractivity contribution >= 4 is 55.5 Å². The summed E-state index contributed by atoms with van der Waals surface area (Å²) in [6, 6.07) is 42.2. The Labute approximate surface area is 234 Å². The van der Waals surface area contributed by atoms with E-state index in [0.717, 1.165) is 11.3 Å². The number of thiophene rings is 1. The molecule has 39 heavy (non-hydrogen) atoms. The van der Waals surface area contributed by atoms with Gasteiger partial charge in [0.15, 0.2) is 0 Å². The molecule has 0 fully saturated rings. The molecule has 7 rings (SSSR count). The van der Waals surface area contributed by atoms with Crippen LogP contribution in [0.1, 0.15) is 0 Å². The van der Waals surface area contributed by atoms with E-state index in [2.05, 4.69) is 135 Å². The zero-order chi connectivity index (χ0) is 26.6. The van der Waals surface area contributed by atoms with Gasteiger partial charge in [0.2, 0.25) is 0 Å². The first kappa shape index (κ1) is 24.0. The van der Waals surface area contributed by atoms with E-state index >= 15 is 0 Å². The molecule has 0 bridgehead atoms. The van der Waals surface area contributed by atoms with Crippen molar-refractivity contribution in [1.29, 1.82) is 0 Å². The molecule has 0 unspecified atom stereocenters. The SMILES string of the molecule is C[Si](C)(C)c1ccc(-c2ccc3ccc(-c4ccc(-c5cccc6c5sc5ccccc56)nc4)cc3c2)cc1. The summed E-state index contributed by atoms with van der Waals surface area (Å²) in [5.74, 6) is 0. The molecule has 2 heterocycles. The predicted molar refractivity (Wildman–Crippen MR) is 174 cm³/mol. The summed E-state index contributed by atoms with van der Waals surface area (Å²) < 4.78 is 2.62. The molecule has 0 aliphatic heterocycles. The van der Waals surface area contributed by atoms with Crippen LogP contribution in [0.2, 0.25) is 19.6 Å². The van der Waals surface area contributed by atoms with Crippen molar-refractivity contribution in [1.82, 2.24) is 4.98 Å². The van der Waals surface area contributed by atoms with Crippen molar-refractivity contribution in [3.05, 3.63) is 121 Å². The first-order chi connectivity index (χ1) is 18.9. The molecule has 0 spiro atoms. The molecule has 0 amide bonds. The summed E-state index contributed by atoms with van der Waals surface area (Å²) in [5, 5.41) is 6.62. The minimum atomic E-state index is -1.30. The summed E-state index contributed by atoms with van der Waals surface area (Å²) in [7, 11) is -1.30. The monoisotopic (exact) mass is 535 g/mol. The third kappa shape index (κ3) is 4.38. The number of pyridine rings is 1. The van der Waals surface area contributed by atoms with E-state index in [4.69, 9.17) is 4.98 Å². The lowest BCUT2D eigenvalue weighted by atomic mass is 9.98. The van der Waals surface area contributed by atoms with Crippen LogP contribution in [0.3, 0.4) is 0 Å². The number of aromatic nitrogens is 1. The van der Waals surface area contributed by atoms with Crippen LogP contribution in [0, 0.1) is 0 Å². The lowest BCUT2D eigenvalue weighted by Gasteiger charge is -2.17. The van der Waals surface area contributed by atoms with E-state index in [1.165, 1.54) is 58.4 Å². The third-order valence-corrected chi connectivity index (χ3v) is 11.0. The van der Waals surface area contributed by atoms with Gasteiger partial charge in [0.25, 0.3) is 0 Å². The van der Waals surface area contributed by atoms with Gasteiger partial charge >= 0.3 is 0 Å². The molecule has 0 atom stereocenters. The number of benzene rings is 5. The fraction of sp³-hybridized carbons (Fsp3) is 0.0833. The molecule has 0 saturated carbocycles. The number of fused-ring (bicyclic) bond motifs is 4. The van der Waals surface area contributed by atoms with Crippen LogP contribution >= 0.6 is 11.3 Å². The second kappa shape index (κ2) is 9.30. The molecule has 3 heteroatoms. The molecule has 0 aliphatic carbocycles. The van der Waals surface area contributed by atoms with Crippen LogP contribution in [-0.4, -0.2) is 13.1 Å². The van der Waals surface area contributed by atoms with Gasteiger partial charge in [-0.05, 0) is 51.7 Å². The van der Waals surface area contributed by atoms with Crippen molar-refractivity contribution in [2.24, 2.45) is 0 Å². The Morgan fingerprint density at radius 3 is 1.95 bits per heavy atom. The average molecular weight is 536 g/mol. The largest absolute Gasteiger partial charge is 0.256 e. The molecular weight excluding hydrogens is 507 g/mol. The Bertz CT molecular complexity index is 1980. The Kier molecular flexibility index (Phi) is 5.73. The zero-order valence-corrected chi connectivity index (χ0v) is 24.2. The zero-order valence-electron chi connectivity index (χ0n) is 22.4. The Hall–Kier alpha value is -4.05. The maximum Gasteiger partial charge on any atom is 0.0775 e. The predicted octanol–water partition coefficient (Wildman–Crippen LogP) is 10.1. The Morgan fingerprint density at radius 1 is 0.564 bits per heavy atom. The van der Waals surface area contributed by atoms with Gasteiger partial charge in [-0.1, -0.05) is 116 Å². The van der Waals surface area contributed by atoms with Gasteiger partial charge in [-0.2, -0.15) is 0 Å². The third-order valence-electron chi connectivity index (χ3n) is 7.70. The molecule has 0 aliphatic rings. The van der Waals surface area contributed by atoms with Crippen LogP contribution in [-0.2, 0) is 0 Å². The fourth-order valence-corrected chi connectivity index (χ4v) is 7.83. The van der Waals surface area contributed by atoms with Crippen molar-refractivity contribution < 1.29 is 0 Å². The van der Waals surface area contributed by atoms with E-state index < -0.39 is 8.07 Å². The van der Waals surface area contributed by atoms with E-state index in [-0.39, 0.29) is 0 Å². The lowest BCUT2D eigenvalue weighted by molar-refractivity contribution is 1.33. The Balaban J connectivity index is 1.23. The van der Waals surface area contributed by atoms with Gasteiger partial charge in [0, 0.05) is 37.5 Å². The number of rotatable bonds is 4. The molecule has 2 aromatic heterocycles. The molecule has 0 radical (unpaired) electrons. The van der Waals surface area contributed by atoms with Crippen LogP contribution in [0.25, 0.3) is 64.5 Å². The summed E-state index contributed by atoms with van der Waals surface area (Å²) in [6.45, 7) is 7.18. The standard InChI is InChI=1S/C36H29NSSi/c1-39(2,3)30-18-15-24(16-19-30)26-13-11-25-12-14-27(22-29(25)21-26)28-17-20-34(37-23-28)33-9-6-8-32-31-7-4-5-10-35(31)38-36(32)33/h4-23H,1-3H3. The van der Waals surface area contributed by atoms with Gasteiger partial charge in [-0.25, -0.2) is 0 Å². The molecule has 188 valence electrons. The van der Waals surface area contributed by atoms with Crippen molar-refractivity contribution in [3.8, 4) is 33.5 Å². The van der Waals surface area contributed by atoms with Gasteiger partial charge in [0.1, 0.15) is 0 Å².